The van der Waals surface area contributed by atoms with Crippen LogP contribution in [0.2, 0.25) is 0 Å². The molecule has 0 aliphatic heterocycles. The Kier molecular flexibility index (Phi) is 2.95. The SMILES string of the molecule is O=CCCCC12CCC(c3ccccc31)c1ccccc12. The Bertz CT molecular complexity index is 638. The van der Waals surface area contributed by atoms with E-state index in [1.54, 1.807) is 0 Å². The van der Waals surface area contributed by atoms with Gasteiger partial charge in [0.15, 0.2) is 0 Å². The molecule has 0 saturated carbocycles. The van der Waals surface area contributed by atoms with Crippen LogP contribution in [0, 0.1) is 0 Å². The van der Waals surface area contributed by atoms with E-state index in [-0.39, 0.29) is 5.41 Å². The minimum absolute atomic E-state index is 0.144. The molecule has 0 spiro atoms. The lowest BCUT2D eigenvalue weighted by Gasteiger charge is -2.49. The summed E-state index contributed by atoms with van der Waals surface area (Å²) in [4.78, 5) is 10.7. The van der Waals surface area contributed by atoms with Crippen molar-refractivity contribution < 1.29 is 4.79 Å². The van der Waals surface area contributed by atoms with Crippen molar-refractivity contribution in [2.24, 2.45) is 0 Å². The van der Waals surface area contributed by atoms with Crippen LogP contribution in [-0.2, 0) is 10.2 Å². The number of benzene rings is 2. The summed E-state index contributed by atoms with van der Waals surface area (Å²) in [5.74, 6) is 0.574. The lowest BCUT2D eigenvalue weighted by Crippen LogP contribution is -2.40. The van der Waals surface area contributed by atoms with Crippen LogP contribution in [0.3, 0.4) is 0 Å². The Morgan fingerprint density at radius 2 is 1.62 bits per heavy atom. The van der Waals surface area contributed by atoms with E-state index < -0.39 is 0 Å². The molecule has 2 bridgehead atoms. The molecule has 1 nitrogen and oxygen atoms in total. The Morgan fingerprint density at radius 1 is 1.00 bits per heavy atom. The Balaban J connectivity index is 1.90. The fraction of sp³-hybridized carbons (Fsp3) is 0.350. The van der Waals surface area contributed by atoms with Crippen LogP contribution in [0.4, 0.5) is 0 Å². The third-order valence-corrected chi connectivity index (χ3v) is 5.49. The van der Waals surface area contributed by atoms with Gasteiger partial charge in [0.25, 0.3) is 0 Å². The molecule has 3 aliphatic rings. The monoisotopic (exact) mass is 276 g/mol. The van der Waals surface area contributed by atoms with Crippen molar-refractivity contribution in [3.05, 3.63) is 70.8 Å². The van der Waals surface area contributed by atoms with Crippen LogP contribution in [0.1, 0.15) is 60.3 Å². The van der Waals surface area contributed by atoms with Crippen molar-refractivity contribution in [3.8, 4) is 0 Å². The minimum atomic E-state index is 0.144. The number of unbranched alkanes of at least 4 members (excludes halogenated alkanes) is 1. The summed E-state index contributed by atoms with van der Waals surface area (Å²) >= 11 is 0. The molecule has 0 atom stereocenters. The smallest absolute Gasteiger partial charge is 0.119 e. The largest absolute Gasteiger partial charge is 0.303 e. The second kappa shape index (κ2) is 4.84. The number of hydrogen-bond acceptors (Lipinski definition) is 1. The molecule has 2 aromatic rings. The number of carbonyl (C=O) groups is 1. The van der Waals surface area contributed by atoms with Gasteiger partial charge >= 0.3 is 0 Å². The quantitative estimate of drug-likeness (QED) is 0.590. The maximum absolute atomic E-state index is 10.7. The van der Waals surface area contributed by atoms with Crippen LogP contribution >= 0.6 is 0 Å². The van der Waals surface area contributed by atoms with Crippen molar-refractivity contribution in [3.63, 3.8) is 0 Å². The van der Waals surface area contributed by atoms with E-state index in [0.717, 1.165) is 19.1 Å². The second-order valence-corrected chi connectivity index (χ2v) is 6.41. The van der Waals surface area contributed by atoms with Crippen LogP contribution in [-0.4, -0.2) is 6.29 Å². The summed E-state index contributed by atoms with van der Waals surface area (Å²) in [5.41, 5.74) is 6.23. The number of fused-ring (bicyclic) bond motifs is 1. The highest BCUT2D eigenvalue weighted by Crippen LogP contribution is 2.57. The lowest BCUT2D eigenvalue weighted by molar-refractivity contribution is -0.108. The number of rotatable bonds is 4. The van der Waals surface area contributed by atoms with Crippen molar-refractivity contribution in [1.82, 2.24) is 0 Å². The molecule has 0 amide bonds. The molecule has 2 aromatic carbocycles. The summed E-state index contributed by atoms with van der Waals surface area (Å²) in [5, 5.41) is 0. The normalized spacial score (nSPS) is 25.2. The summed E-state index contributed by atoms with van der Waals surface area (Å²) < 4.78 is 0. The topological polar surface area (TPSA) is 17.1 Å². The molecule has 0 radical (unpaired) electrons. The Hall–Kier alpha value is -1.89. The number of carbonyl (C=O) groups excluding carboxylic acids is 1. The van der Waals surface area contributed by atoms with E-state index in [0.29, 0.717) is 12.3 Å². The average Bonchev–Trinajstić information content (AvgIpc) is 2.56. The van der Waals surface area contributed by atoms with Gasteiger partial charge in [0.05, 0.1) is 0 Å². The zero-order chi connectivity index (χ0) is 14.3. The maximum atomic E-state index is 10.7. The molecular weight excluding hydrogens is 256 g/mol. The standard InChI is InChI=1S/C20H20O/c21-14-6-5-12-20-13-11-15(16-7-1-3-9-18(16)20)17-8-2-4-10-19(17)20/h1-4,7-10,14-15H,5-6,11-13H2. The van der Waals surface area contributed by atoms with Gasteiger partial charge < -0.3 is 4.79 Å². The van der Waals surface area contributed by atoms with E-state index >= 15 is 0 Å². The molecule has 1 heteroatoms. The van der Waals surface area contributed by atoms with Crippen LogP contribution in [0.5, 0.6) is 0 Å². The molecule has 0 saturated heterocycles. The molecule has 0 heterocycles. The minimum Gasteiger partial charge on any atom is -0.303 e. The Labute approximate surface area is 126 Å². The van der Waals surface area contributed by atoms with Crippen molar-refractivity contribution in [2.75, 3.05) is 0 Å². The Morgan fingerprint density at radius 3 is 2.24 bits per heavy atom. The summed E-state index contributed by atoms with van der Waals surface area (Å²) in [6, 6.07) is 17.9. The van der Waals surface area contributed by atoms with Crippen molar-refractivity contribution >= 4 is 6.29 Å². The van der Waals surface area contributed by atoms with Crippen molar-refractivity contribution in [1.29, 1.82) is 0 Å². The zero-order valence-corrected chi connectivity index (χ0v) is 12.2. The van der Waals surface area contributed by atoms with E-state index in [2.05, 4.69) is 48.5 Å². The summed E-state index contributed by atoms with van der Waals surface area (Å²) in [7, 11) is 0. The van der Waals surface area contributed by atoms with Gasteiger partial charge in [0, 0.05) is 17.8 Å². The van der Waals surface area contributed by atoms with E-state index in [1.165, 1.54) is 35.1 Å². The molecule has 0 fully saturated rings. The van der Waals surface area contributed by atoms with Crippen molar-refractivity contribution in [2.45, 2.75) is 43.4 Å². The number of aldehydes is 1. The fourth-order valence-corrected chi connectivity index (χ4v) is 4.64. The molecular formula is C20H20O. The third kappa shape index (κ3) is 1.73. The highest BCUT2D eigenvalue weighted by Gasteiger charge is 2.47. The maximum Gasteiger partial charge on any atom is 0.119 e. The van der Waals surface area contributed by atoms with Gasteiger partial charge in [-0.15, -0.1) is 0 Å². The zero-order valence-electron chi connectivity index (χ0n) is 12.2. The molecule has 0 N–H and O–H groups in total. The molecule has 106 valence electrons. The van der Waals surface area contributed by atoms with Crippen LogP contribution < -0.4 is 0 Å². The first kappa shape index (κ1) is 12.8. The van der Waals surface area contributed by atoms with Gasteiger partial charge in [-0.2, -0.15) is 0 Å². The first-order chi connectivity index (χ1) is 10.4. The van der Waals surface area contributed by atoms with Gasteiger partial charge in [0.1, 0.15) is 6.29 Å². The third-order valence-electron chi connectivity index (χ3n) is 5.49. The lowest BCUT2D eigenvalue weighted by atomic mass is 9.54. The summed E-state index contributed by atoms with van der Waals surface area (Å²) in [6.07, 6.45) is 6.28. The van der Waals surface area contributed by atoms with Gasteiger partial charge in [-0.3, -0.25) is 0 Å². The van der Waals surface area contributed by atoms with Gasteiger partial charge in [-0.05, 0) is 47.9 Å². The predicted molar refractivity (Wildman–Crippen MR) is 84.7 cm³/mol. The van der Waals surface area contributed by atoms with Gasteiger partial charge in [-0.1, -0.05) is 48.5 Å². The summed E-state index contributed by atoms with van der Waals surface area (Å²) in [6.45, 7) is 0. The van der Waals surface area contributed by atoms with E-state index in [1.807, 2.05) is 0 Å². The van der Waals surface area contributed by atoms with Gasteiger partial charge in [0.2, 0.25) is 0 Å². The molecule has 5 rings (SSSR count). The first-order valence-electron chi connectivity index (χ1n) is 7.99. The molecule has 21 heavy (non-hydrogen) atoms. The van der Waals surface area contributed by atoms with Gasteiger partial charge in [-0.25, -0.2) is 0 Å². The van der Waals surface area contributed by atoms with E-state index in [9.17, 15) is 4.79 Å². The fourth-order valence-electron chi connectivity index (χ4n) is 4.64. The molecule has 0 unspecified atom stereocenters. The molecule has 3 aliphatic carbocycles. The number of hydrogen-bond donors (Lipinski definition) is 0. The highest BCUT2D eigenvalue weighted by atomic mass is 16.1. The predicted octanol–water partition coefficient (Wildman–Crippen LogP) is 4.58. The van der Waals surface area contributed by atoms with Crippen LogP contribution in [0.15, 0.2) is 48.5 Å². The first-order valence-corrected chi connectivity index (χ1v) is 7.99. The van der Waals surface area contributed by atoms with Crippen LogP contribution in [0.25, 0.3) is 0 Å². The van der Waals surface area contributed by atoms with E-state index in [4.69, 9.17) is 0 Å². The second-order valence-electron chi connectivity index (χ2n) is 6.41. The highest BCUT2D eigenvalue weighted by molar-refractivity contribution is 5.59. The molecule has 0 aromatic heterocycles. The average molecular weight is 276 g/mol.